The van der Waals surface area contributed by atoms with Gasteiger partial charge in [0.2, 0.25) is 0 Å². The zero-order valence-corrected chi connectivity index (χ0v) is 21.2. The molecule has 192 valence electrons. The number of ether oxygens (including phenoxy) is 1. The number of hydrogen-bond acceptors (Lipinski definition) is 6. The molecule has 1 aliphatic heterocycles. The lowest BCUT2D eigenvalue weighted by Gasteiger charge is -2.36. The number of nitrogens with zero attached hydrogens (tertiary/aromatic N) is 5. The molecule has 1 fully saturated rings. The van der Waals surface area contributed by atoms with E-state index in [9.17, 15) is 18.0 Å². The quantitative estimate of drug-likeness (QED) is 0.433. The predicted molar refractivity (Wildman–Crippen MR) is 132 cm³/mol. The van der Waals surface area contributed by atoms with Gasteiger partial charge in [-0.25, -0.2) is 14.8 Å². The molecular formula is C25H27ClF3N5O2. The first-order chi connectivity index (χ1) is 16.8. The standard InChI is InChI=1S/C25H27ClF3N5O2/c1-15-16(13-25(27,28)29)5-6-20(32-15)17-12-21-18(11-19(17)26)22(31-14-30-21)33-7-9-34(10-8-33)23(35)36-24(2,3)4/h5-6,11-12,14H,7-10,13H2,1-4H3. The van der Waals surface area contributed by atoms with Gasteiger partial charge in [-0.1, -0.05) is 17.7 Å². The van der Waals surface area contributed by atoms with Crippen LogP contribution < -0.4 is 4.90 Å². The summed E-state index contributed by atoms with van der Waals surface area (Å²) in [5.74, 6) is 0.696. The van der Waals surface area contributed by atoms with E-state index in [1.165, 1.54) is 12.4 Å². The van der Waals surface area contributed by atoms with Crippen LogP contribution in [0, 0.1) is 6.92 Å². The number of amides is 1. The number of aryl methyl sites for hydroxylation is 1. The average molecular weight is 522 g/mol. The largest absolute Gasteiger partial charge is 0.444 e. The normalized spacial score (nSPS) is 14.9. The van der Waals surface area contributed by atoms with Crippen LogP contribution in [0.2, 0.25) is 5.02 Å². The Kier molecular flexibility index (Phi) is 7.01. The molecule has 3 heterocycles. The first-order valence-electron chi connectivity index (χ1n) is 11.5. The molecule has 7 nitrogen and oxygen atoms in total. The highest BCUT2D eigenvalue weighted by molar-refractivity contribution is 6.34. The van der Waals surface area contributed by atoms with E-state index in [1.807, 2.05) is 20.8 Å². The molecule has 3 aromatic rings. The van der Waals surface area contributed by atoms with Crippen molar-refractivity contribution in [3.8, 4) is 11.3 Å². The van der Waals surface area contributed by atoms with Crippen molar-refractivity contribution in [2.45, 2.75) is 45.9 Å². The number of carbonyl (C=O) groups excluding carboxylic acids is 1. The summed E-state index contributed by atoms with van der Waals surface area (Å²) in [5, 5.41) is 1.13. The van der Waals surface area contributed by atoms with Gasteiger partial charge < -0.3 is 14.5 Å². The van der Waals surface area contributed by atoms with Gasteiger partial charge >= 0.3 is 12.3 Å². The fourth-order valence-electron chi connectivity index (χ4n) is 4.08. The summed E-state index contributed by atoms with van der Waals surface area (Å²) in [6.07, 6.45) is -4.22. The summed E-state index contributed by atoms with van der Waals surface area (Å²) in [6.45, 7) is 9.15. The Morgan fingerprint density at radius 1 is 1.08 bits per heavy atom. The van der Waals surface area contributed by atoms with Gasteiger partial charge in [0.25, 0.3) is 0 Å². The number of fused-ring (bicyclic) bond motifs is 1. The van der Waals surface area contributed by atoms with Crippen LogP contribution in [0.1, 0.15) is 32.0 Å². The lowest BCUT2D eigenvalue weighted by atomic mass is 10.0. The van der Waals surface area contributed by atoms with Crippen molar-refractivity contribution >= 4 is 34.4 Å². The van der Waals surface area contributed by atoms with E-state index < -0.39 is 18.2 Å². The maximum Gasteiger partial charge on any atom is 0.410 e. The van der Waals surface area contributed by atoms with Gasteiger partial charge in [-0.3, -0.25) is 4.98 Å². The molecule has 0 unspecified atom stereocenters. The topological polar surface area (TPSA) is 71.5 Å². The van der Waals surface area contributed by atoms with Crippen LogP contribution in [0.5, 0.6) is 0 Å². The van der Waals surface area contributed by atoms with Crippen LogP contribution in [0.4, 0.5) is 23.8 Å². The number of halogens is 4. The zero-order chi connectivity index (χ0) is 26.3. The van der Waals surface area contributed by atoms with Gasteiger partial charge in [0, 0.05) is 42.8 Å². The summed E-state index contributed by atoms with van der Waals surface area (Å²) < 4.78 is 43.9. The van der Waals surface area contributed by atoms with Crippen molar-refractivity contribution in [1.82, 2.24) is 19.9 Å². The second-order valence-electron chi connectivity index (χ2n) is 9.73. The van der Waals surface area contributed by atoms with Crippen molar-refractivity contribution in [3.63, 3.8) is 0 Å². The Balaban J connectivity index is 1.57. The number of anilines is 1. The molecule has 0 saturated carbocycles. The Labute approximate surface area is 212 Å². The van der Waals surface area contributed by atoms with E-state index in [0.717, 1.165) is 5.39 Å². The molecule has 1 saturated heterocycles. The highest BCUT2D eigenvalue weighted by atomic mass is 35.5. The number of hydrogen-bond donors (Lipinski definition) is 0. The molecule has 1 aromatic carbocycles. The fraction of sp³-hybridized carbons (Fsp3) is 0.440. The van der Waals surface area contributed by atoms with E-state index in [-0.39, 0.29) is 11.7 Å². The van der Waals surface area contributed by atoms with Gasteiger partial charge in [-0.2, -0.15) is 13.2 Å². The molecule has 1 amide bonds. The van der Waals surface area contributed by atoms with Gasteiger partial charge in [0.05, 0.1) is 22.7 Å². The van der Waals surface area contributed by atoms with Crippen molar-refractivity contribution in [3.05, 3.63) is 46.9 Å². The summed E-state index contributed by atoms with van der Waals surface area (Å²) in [5.41, 5.74) is 1.54. The summed E-state index contributed by atoms with van der Waals surface area (Å²) >= 11 is 6.61. The van der Waals surface area contributed by atoms with Crippen molar-refractivity contribution in [2.75, 3.05) is 31.1 Å². The zero-order valence-electron chi connectivity index (χ0n) is 20.5. The maximum atomic E-state index is 12.8. The first-order valence-corrected chi connectivity index (χ1v) is 11.9. The average Bonchev–Trinajstić information content (AvgIpc) is 2.78. The third kappa shape index (κ3) is 5.98. The molecule has 11 heteroatoms. The summed E-state index contributed by atoms with van der Waals surface area (Å²) in [4.78, 5) is 29.3. The molecule has 0 spiro atoms. The van der Waals surface area contributed by atoms with Gasteiger partial charge in [0.15, 0.2) is 0 Å². The number of alkyl halides is 3. The predicted octanol–water partition coefficient (Wildman–Crippen LogP) is 5.82. The van der Waals surface area contributed by atoms with E-state index in [0.29, 0.717) is 59.5 Å². The molecule has 4 rings (SSSR count). The Bertz CT molecular complexity index is 1290. The molecule has 0 radical (unpaired) electrons. The molecule has 1 aliphatic rings. The monoisotopic (exact) mass is 521 g/mol. The Morgan fingerprint density at radius 3 is 2.39 bits per heavy atom. The first kappa shape index (κ1) is 25.9. The SMILES string of the molecule is Cc1nc(-c2cc3ncnc(N4CCN(C(=O)OC(C)(C)C)CC4)c3cc2Cl)ccc1CC(F)(F)F. The van der Waals surface area contributed by atoms with E-state index in [2.05, 4.69) is 19.9 Å². The third-order valence-electron chi connectivity index (χ3n) is 5.80. The lowest BCUT2D eigenvalue weighted by molar-refractivity contribution is -0.127. The summed E-state index contributed by atoms with van der Waals surface area (Å²) in [7, 11) is 0. The van der Waals surface area contributed by atoms with Crippen molar-refractivity contribution in [2.24, 2.45) is 0 Å². The minimum atomic E-state index is -4.31. The molecule has 0 aliphatic carbocycles. The lowest BCUT2D eigenvalue weighted by Crippen LogP contribution is -2.50. The second-order valence-corrected chi connectivity index (χ2v) is 10.1. The molecule has 0 bridgehead atoms. The highest BCUT2D eigenvalue weighted by Crippen LogP contribution is 2.35. The van der Waals surface area contributed by atoms with E-state index in [4.69, 9.17) is 16.3 Å². The van der Waals surface area contributed by atoms with E-state index >= 15 is 0 Å². The number of carbonyl (C=O) groups is 1. The van der Waals surface area contributed by atoms with E-state index in [1.54, 1.807) is 30.0 Å². The number of rotatable bonds is 3. The minimum absolute atomic E-state index is 0.123. The number of aromatic nitrogens is 3. The Morgan fingerprint density at radius 2 is 1.78 bits per heavy atom. The minimum Gasteiger partial charge on any atom is -0.444 e. The molecular weight excluding hydrogens is 495 g/mol. The van der Waals surface area contributed by atoms with Crippen LogP contribution in [0.3, 0.4) is 0 Å². The smallest absolute Gasteiger partial charge is 0.410 e. The van der Waals surface area contributed by atoms with Crippen LogP contribution >= 0.6 is 11.6 Å². The van der Waals surface area contributed by atoms with Crippen molar-refractivity contribution in [1.29, 1.82) is 0 Å². The molecule has 36 heavy (non-hydrogen) atoms. The van der Waals surface area contributed by atoms with Gasteiger partial charge in [0.1, 0.15) is 17.7 Å². The van der Waals surface area contributed by atoms with Gasteiger partial charge in [-0.15, -0.1) is 0 Å². The number of pyridine rings is 1. The van der Waals surface area contributed by atoms with Crippen molar-refractivity contribution < 1.29 is 22.7 Å². The molecule has 0 N–H and O–H groups in total. The van der Waals surface area contributed by atoms with Gasteiger partial charge in [-0.05, 0) is 51.5 Å². The second kappa shape index (κ2) is 9.72. The number of benzene rings is 1. The Hall–Kier alpha value is -3.14. The third-order valence-corrected chi connectivity index (χ3v) is 6.11. The molecule has 2 aromatic heterocycles. The maximum absolute atomic E-state index is 12.8. The van der Waals surface area contributed by atoms with Crippen LogP contribution in [-0.4, -0.2) is 63.9 Å². The van der Waals surface area contributed by atoms with Crippen LogP contribution in [-0.2, 0) is 11.2 Å². The molecule has 0 atom stereocenters. The number of piperazine rings is 1. The van der Waals surface area contributed by atoms with Crippen LogP contribution in [0.25, 0.3) is 22.2 Å². The highest BCUT2D eigenvalue weighted by Gasteiger charge is 2.29. The fourth-order valence-corrected chi connectivity index (χ4v) is 4.34. The van der Waals surface area contributed by atoms with Crippen LogP contribution in [0.15, 0.2) is 30.6 Å². The summed E-state index contributed by atoms with van der Waals surface area (Å²) in [6, 6.07) is 6.49.